The molecule has 0 N–H and O–H groups in total. The summed E-state index contributed by atoms with van der Waals surface area (Å²) >= 11 is 0. The smallest absolute Gasteiger partial charge is 0.276 e. The molecule has 4 rings (SSSR count). The summed E-state index contributed by atoms with van der Waals surface area (Å²) in [7, 11) is -3.24. The summed E-state index contributed by atoms with van der Waals surface area (Å²) in [5, 5.41) is 1.38. The topological polar surface area (TPSA) is 50.3 Å². The van der Waals surface area contributed by atoms with Crippen molar-refractivity contribution in [3.63, 3.8) is 0 Å². The van der Waals surface area contributed by atoms with Gasteiger partial charge in [-0.1, -0.05) is 84.9 Å². The molecule has 0 saturated carbocycles. The molecule has 1 aromatic heterocycles. The second-order valence-corrected chi connectivity index (χ2v) is 9.76. The summed E-state index contributed by atoms with van der Waals surface area (Å²) in [6.45, 7) is 2.43. The number of carbonyl (C=O) groups excluding carboxylic acids is 1. The Balaban J connectivity index is 1.82. The molecule has 3 aromatic carbocycles. The second kappa shape index (κ2) is 9.11. The van der Waals surface area contributed by atoms with E-state index in [9.17, 15) is 9.36 Å². The summed E-state index contributed by atoms with van der Waals surface area (Å²) in [4.78, 5) is 19.6. The van der Waals surface area contributed by atoms with Crippen LogP contribution in [-0.2, 0) is 4.57 Å². The molecule has 0 aliphatic rings. The zero-order valence-electron chi connectivity index (χ0n) is 17.3. The van der Waals surface area contributed by atoms with Gasteiger partial charge in [0.05, 0.1) is 0 Å². The Morgan fingerprint density at radius 2 is 1.26 bits per heavy atom. The Bertz CT molecular complexity index is 1170. The van der Waals surface area contributed by atoms with Gasteiger partial charge in [0.2, 0.25) is 0 Å². The molecule has 5 heteroatoms. The van der Waals surface area contributed by atoms with Gasteiger partial charge in [-0.25, -0.2) is 4.98 Å². The molecular formula is C26H23N2O2P. The molecular weight excluding hydrogens is 403 g/mol. The Kier molecular flexibility index (Phi) is 6.11. The van der Waals surface area contributed by atoms with Crippen molar-refractivity contribution in [2.24, 2.45) is 0 Å². The average Bonchev–Trinajstić information content (AvgIpc) is 2.86. The first kappa shape index (κ1) is 20.8. The maximum atomic E-state index is 14.5. The number of carbonyl (C=O) groups is 1. The van der Waals surface area contributed by atoms with Crippen LogP contribution in [0.1, 0.15) is 17.4 Å². The predicted molar refractivity (Wildman–Crippen MR) is 127 cm³/mol. The standard InChI is InChI=1S/C26H23N2O2P/c1-2-28(21-13-6-3-7-14-21)26(29)24-19-12-20-25(27-24)31(30,22-15-8-4-9-16-22)23-17-10-5-11-18-23/h3-20H,2H2,1H3. The van der Waals surface area contributed by atoms with E-state index in [4.69, 9.17) is 0 Å². The molecule has 0 radical (unpaired) electrons. The minimum atomic E-state index is -3.24. The van der Waals surface area contributed by atoms with Crippen LogP contribution in [0.4, 0.5) is 5.69 Å². The third kappa shape index (κ3) is 4.08. The molecule has 1 amide bonds. The molecule has 0 aliphatic carbocycles. The fraction of sp³-hybridized carbons (Fsp3) is 0.0769. The van der Waals surface area contributed by atoms with Gasteiger partial charge in [-0.05, 0) is 31.2 Å². The van der Waals surface area contributed by atoms with Crippen molar-refractivity contribution in [3.05, 3.63) is 115 Å². The van der Waals surface area contributed by atoms with Gasteiger partial charge >= 0.3 is 0 Å². The third-order valence-corrected chi connectivity index (χ3v) is 8.09. The number of aromatic nitrogens is 1. The first-order valence-corrected chi connectivity index (χ1v) is 11.9. The molecule has 1 heterocycles. The highest BCUT2D eigenvalue weighted by molar-refractivity contribution is 7.85. The van der Waals surface area contributed by atoms with Crippen molar-refractivity contribution in [2.75, 3.05) is 11.4 Å². The van der Waals surface area contributed by atoms with E-state index in [0.29, 0.717) is 22.6 Å². The van der Waals surface area contributed by atoms with Crippen LogP contribution in [0.15, 0.2) is 109 Å². The van der Waals surface area contributed by atoms with Crippen LogP contribution >= 0.6 is 7.14 Å². The molecule has 0 aliphatic heterocycles. The highest BCUT2D eigenvalue weighted by atomic mass is 31.2. The van der Waals surface area contributed by atoms with Gasteiger partial charge < -0.3 is 9.46 Å². The van der Waals surface area contributed by atoms with Crippen molar-refractivity contribution < 1.29 is 9.36 Å². The Morgan fingerprint density at radius 3 is 1.77 bits per heavy atom. The van der Waals surface area contributed by atoms with Crippen molar-refractivity contribution in [1.29, 1.82) is 0 Å². The van der Waals surface area contributed by atoms with Gasteiger partial charge in [-0.2, -0.15) is 0 Å². The SMILES string of the molecule is CCN(C(=O)c1cccc(P(=O)(c2ccccc2)c2ccccc2)n1)c1ccccc1. The monoisotopic (exact) mass is 426 g/mol. The molecule has 0 saturated heterocycles. The second-order valence-electron chi connectivity index (χ2n) is 7.05. The lowest BCUT2D eigenvalue weighted by Gasteiger charge is -2.22. The quantitative estimate of drug-likeness (QED) is 0.430. The van der Waals surface area contributed by atoms with Gasteiger partial charge in [-0.15, -0.1) is 0 Å². The lowest BCUT2D eigenvalue weighted by Crippen LogP contribution is -2.33. The van der Waals surface area contributed by atoms with Crippen molar-refractivity contribution in [1.82, 2.24) is 4.98 Å². The van der Waals surface area contributed by atoms with Crippen LogP contribution in [0.25, 0.3) is 0 Å². The molecule has 0 atom stereocenters. The van der Waals surface area contributed by atoms with E-state index in [2.05, 4.69) is 4.98 Å². The largest absolute Gasteiger partial charge is 0.307 e. The van der Waals surface area contributed by atoms with Gasteiger partial charge in [0.1, 0.15) is 11.1 Å². The van der Waals surface area contributed by atoms with Crippen LogP contribution in [0, 0.1) is 0 Å². The minimum Gasteiger partial charge on any atom is -0.307 e. The fourth-order valence-electron chi connectivity index (χ4n) is 3.60. The Morgan fingerprint density at radius 1 is 0.742 bits per heavy atom. The summed E-state index contributed by atoms with van der Waals surface area (Å²) in [6, 6.07) is 33.4. The average molecular weight is 426 g/mol. The first-order chi connectivity index (χ1) is 15.1. The third-order valence-electron chi connectivity index (χ3n) is 5.14. The number of nitrogens with zero attached hydrogens (tertiary/aromatic N) is 2. The lowest BCUT2D eigenvalue weighted by molar-refractivity contribution is 0.0984. The number of para-hydroxylation sites is 1. The Hall–Kier alpha value is -3.49. The summed E-state index contributed by atoms with van der Waals surface area (Å²) in [6.07, 6.45) is 0. The molecule has 0 fully saturated rings. The Labute approximate surface area is 182 Å². The van der Waals surface area contributed by atoms with Gasteiger partial charge in [0, 0.05) is 22.8 Å². The van der Waals surface area contributed by atoms with E-state index in [-0.39, 0.29) is 11.6 Å². The maximum absolute atomic E-state index is 14.5. The number of hydrogen-bond donors (Lipinski definition) is 0. The fourth-order valence-corrected chi connectivity index (χ4v) is 6.15. The summed E-state index contributed by atoms with van der Waals surface area (Å²) < 4.78 is 14.5. The molecule has 31 heavy (non-hydrogen) atoms. The molecule has 0 spiro atoms. The zero-order chi connectivity index (χ0) is 21.7. The number of anilines is 1. The van der Waals surface area contributed by atoms with Gasteiger partial charge in [0.15, 0.2) is 7.14 Å². The zero-order valence-corrected chi connectivity index (χ0v) is 18.2. The van der Waals surface area contributed by atoms with E-state index >= 15 is 0 Å². The molecule has 4 nitrogen and oxygen atoms in total. The van der Waals surface area contributed by atoms with E-state index in [1.165, 1.54) is 0 Å². The molecule has 154 valence electrons. The first-order valence-electron chi connectivity index (χ1n) is 10.2. The number of benzene rings is 3. The minimum absolute atomic E-state index is 0.219. The van der Waals surface area contributed by atoms with Crippen LogP contribution < -0.4 is 20.9 Å². The van der Waals surface area contributed by atoms with Gasteiger partial charge in [0.25, 0.3) is 5.91 Å². The summed E-state index contributed by atoms with van der Waals surface area (Å²) in [5.41, 5.74) is 1.48. The van der Waals surface area contributed by atoms with Crippen molar-refractivity contribution in [2.45, 2.75) is 6.92 Å². The molecule has 0 bridgehead atoms. The van der Waals surface area contributed by atoms with E-state index in [0.717, 1.165) is 5.69 Å². The lowest BCUT2D eigenvalue weighted by atomic mass is 10.2. The highest BCUT2D eigenvalue weighted by Gasteiger charge is 2.32. The van der Waals surface area contributed by atoms with Crippen LogP contribution in [0.3, 0.4) is 0 Å². The van der Waals surface area contributed by atoms with Gasteiger partial charge in [-0.3, -0.25) is 4.79 Å². The maximum Gasteiger partial charge on any atom is 0.276 e. The van der Waals surface area contributed by atoms with E-state index in [1.807, 2.05) is 97.9 Å². The number of rotatable bonds is 6. The molecule has 4 aromatic rings. The van der Waals surface area contributed by atoms with Crippen LogP contribution in [-0.4, -0.2) is 17.4 Å². The highest BCUT2D eigenvalue weighted by Crippen LogP contribution is 2.41. The number of amides is 1. The van der Waals surface area contributed by atoms with E-state index < -0.39 is 7.14 Å². The summed E-state index contributed by atoms with van der Waals surface area (Å²) in [5.74, 6) is -0.219. The van der Waals surface area contributed by atoms with Crippen molar-refractivity contribution in [3.8, 4) is 0 Å². The molecule has 0 unspecified atom stereocenters. The number of hydrogen-bond acceptors (Lipinski definition) is 3. The van der Waals surface area contributed by atoms with E-state index in [1.54, 1.807) is 23.1 Å². The van der Waals surface area contributed by atoms with Crippen LogP contribution in [0.2, 0.25) is 0 Å². The predicted octanol–water partition coefficient (Wildman–Crippen LogP) is 4.39. The number of pyridine rings is 1. The van der Waals surface area contributed by atoms with Crippen LogP contribution in [0.5, 0.6) is 0 Å². The van der Waals surface area contributed by atoms with Crippen molar-refractivity contribution >= 4 is 34.8 Å². The normalized spacial score (nSPS) is 11.1.